The first kappa shape index (κ1) is 10.0. The Kier molecular flexibility index (Phi) is 2.89. The van der Waals surface area contributed by atoms with Crippen molar-refractivity contribution in [2.75, 3.05) is 0 Å². The van der Waals surface area contributed by atoms with Gasteiger partial charge in [0.05, 0.1) is 0 Å². The van der Waals surface area contributed by atoms with Gasteiger partial charge in [0.15, 0.2) is 12.0 Å². The van der Waals surface area contributed by atoms with Crippen LogP contribution in [0.2, 0.25) is 0 Å². The van der Waals surface area contributed by atoms with Gasteiger partial charge in [-0.05, 0) is 36.2 Å². The monoisotopic (exact) mass is 219 g/mol. The highest BCUT2D eigenvalue weighted by Gasteiger charge is 2.03. The minimum atomic E-state index is 0.335. The summed E-state index contributed by atoms with van der Waals surface area (Å²) < 4.78 is 5.29. The van der Waals surface area contributed by atoms with Crippen molar-refractivity contribution in [1.29, 1.82) is 0 Å². The van der Waals surface area contributed by atoms with Gasteiger partial charge in [0.1, 0.15) is 5.76 Å². The zero-order valence-electron chi connectivity index (χ0n) is 7.84. The summed E-state index contributed by atoms with van der Waals surface area (Å²) >= 11 is 1.20. The van der Waals surface area contributed by atoms with Crippen LogP contribution in [0.25, 0.3) is 11.3 Å². The van der Waals surface area contributed by atoms with E-state index in [9.17, 15) is 4.79 Å². The SMILES string of the molecule is NSc1ccc(-c2ccc(C=O)o2)cc1. The van der Waals surface area contributed by atoms with Crippen LogP contribution in [0.15, 0.2) is 45.7 Å². The maximum absolute atomic E-state index is 10.4. The van der Waals surface area contributed by atoms with Crippen LogP contribution >= 0.6 is 11.9 Å². The molecule has 0 aliphatic rings. The first-order valence-electron chi connectivity index (χ1n) is 4.35. The molecule has 2 aromatic rings. The number of hydrogen-bond donors (Lipinski definition) is 1. The van der Waals surface area contributed by atoms with E-state index in [0.717, 1.165) is 10.5 Å². The Bertz CT molecular complexity index is 462. The molecule has 0 unspecified atom stereocenters. The molecule has 0 saturated heterocycles. The Labute approximate surface area is 91.4 Å². The molecule has 0 bridgehead atoms. The Morgan fingerprint density at radius 1 is 1.13 bits per heavy atom. The fourth-order valence-corrected chi connectivity index (χ4v) is 1.56. The molecule has 0 aliphatic heterocycles. The van der Waals surface area contributed by atoms with Crippen LogP contribution in [0.1, 0.15) is 10.6 Å². The summed E-state index contributed by atoms with van der Waals surface area (Å²) in [4.78, 5) is 11.4. The zero-order chi connectivity index (χ0) is 10.7. The average Bonchev–Trinajstić information content (AvgIpc) is 2.78. The molecule has 15 heavy (non-hydrogen) atoms. The minimum Gasteiger partial charge on any atom is -0.453 e. The van der Waals surface area contributed by atoms with E-state index in [1.807, 2.05) is 24.3 Å². The molecule has 4 heteroatoms. The zero-order valence-corrected chi connectivity index (χ0v) is 8.66. The normalized spacial score (nSPS) is 10.2. The van der Waals surface area contributed by atoms with Gasteiger partial charge < -0.3 is 4.42 Å². The van der Waals surface area contributed by atoms with Gasteiger partial charge in [-0.25, -0.2) is 0 Å². The quantitative estimate of drug-likeness (QED) is 0.637. The second-order valence-corrected chi connectivity index (χ2v) is 3.67. The molecule has 2 N–H and O–H groups in total. The van der Waals surface area contributed by atoms with Gasteiger partial charge in [-0.15, -0.1) is 0 Å². The third-order valence-corrected chi connectivity index (χ3v) is 2.56. The van der Waals surface area contributed by atoms with Crippen molar-refractivity contribution in [2.24, 2.45) is 5.14 Å². The van der Waals surface area contributed by atoms with Gasteiger partial charge in [-0.3, -0.25) is 9.93 Å². The number of aldehydes is 1. The van der Waals surface area contributed by atoms with Crippen molar-refractivity contribution in [3.05, 3.63) is 42.2 Å². The second-order valence-electron chi connectivity index (χ2n) is 2.96. The molecule has 0 atom stereocenters. The highest BCUT2D eigenvalue weighted by molar-refractivity contribution is 7.97. The number of carbonyl (C=O) groups excluding carboxylic acids is 1. The lowest BCUT2D eigenvalue weighted by molar-refractivity contribution is 0.110. The van der Waals surface area contributed by atoms with Gasteiger partial charge in [0, 0.05) is 10.5 Å². The van der Waals surface area contributed by atoms with Crippen LogP contribution in [-0.4, -0.2) is 6.29 Å². The molecule has 0 saturated carbocycles. The third kappa shape index (κ3) is 2.11. The van der Waals surface area contributed by atoms with Crippen LogP contribution in [0.4, 0.5) is 0 Å². The van der Waals surface area contributed by atoms with E-state index in [4.69, 9.17) is 9.56 Å². The predicted octanol–water partition coefficient (Wildman–Crippen LogP) is 2.72. The summed E-state index contributed by atoms with van der Waals surface area (Å²) in [5.41, 5.74) is 0.931. The van der Waals surface area contributed by atoms with Gasteiger partial charge in [-0.1, -0.05) is 12.1 Å². The van der Waals surface area contributed by atoms with E-state index in [-0.39, 0.29) is 0 Å². The number of furan rings is 1. The van der Waals surface area contributed by atoms with E-state index in [2.05, 4.69) is 0 Å². The molecule has 3 nitrogen and oxygen atoms in total. The Morgan fingerprint density at radius 2 is 1.87 bits per heavy atom. The fourth-order valence-electron chi connectivity index (χ4n) is 1.27. The van der Waals surface area contributed by atoms with E-state index < -0.39 is 0 Å². The lowest BCUT2D eigenvalue weighted by atomic mass is 10.2. The highest BCUT2D eigenvalue weighted by Crippen LogP contribution is 2.23. The molecule has 1 heterocycles. The van der Waals surface area contributed by atoms with Crippen LogP contribution in [0.5, 0.6) is 0 Å². The summed E-state index contributed by atoms with van der Waals surface area (Å²) in [5.74, 6) is 1.02. The molecule has 0 fully saturated rings. The average molecular weight is 219 g/mol. The second kappa shape index (κ2) is 4.33. The lowest BCUT2D eigenvalue weighted by Crippen LogP contribution is -1.79. The van der Waals surface area contributed by atoms with Crippen molar-refractivity contribution >= 4 is 18.2 Å². The molecule has 0 amide bonds. The molecular formula is C11H9NO2S. The summed E-state index contributed by atoms with van der Waals surface area (Å²) in [6.07, 6.45) is 0.688. The molecule has 1 aromatic heterocycles. The molecule has 76 valence electrons. The van der Waals surface area contributed by atoms with Crippen LogP contribution in [-0.2, 0) is 0 Å². The molecule has 0 spiro atoms. The van der Waals surface area contributed by atoms with Gasteiger partial charge in [0.2, 0.25) is 0 Å². The van der Waals surface area contributed by atoms with Crippen molar-refractivity contribution in [3.8, 4) is 11.3 Å². The van der Waals surface area contributed by atoms with Gasteiger partial charge in [-0.2, -0.15) is 0 Å². The number of hydrogen-bond acceptors (Lipinski definition) is 4. The summed E-state index contributed by atoms with van der Waals surface area (Å²) in [5, 5.41) is 5.41. The van der Waals surface area contributed by atoms with E-state index in [1.165, 1.54) is 11.9 Å². The van der Waals surface area contributed by atoms with Crippen LogP contribution in [0.3, 0.4) is 0 Å². The topological polar surface area (TPSA) is 56.2 Å². The van der Waals surface area contributed by atoms with Gasteiger partial charge in [0.25, 0.3) is 0 Å². The van der Waals surface area contributed by atoms with Crippen LogP contribution in [0, 0.1) is 0 Å². The smallest absolute Gasteiger partial charge is 0.185 e. The van der Waals surface area contributed by atoms with Crippen molar-refractivity contribution < 1.29 is 9.21 Å². The first-order valence-corrected chi connectivity index (χ1v) is 5.23. The molecule has 0 radical (unpaired) electrons. The van der Waals surface area contributed by atoms with Crippen molar-refractivity contribution in [1.82, 2.24) is 0 Å². The number of benzene rings is 1. The summed E-state index contributed by atoms with van der Waals surface area (Å²) in [6, 6.07) is 11.0. The summed E-state index contributed by atoms with van der Waals surface area (Å²) in [7, 11) is 0. The number of rotatable bonds is 3. The Hall–Kier alpha value is -1.52. The first-order chi connectivity index (χ1) is 7.33. The lowest BCUT2D eigenvalue weighted by Gasteiger charge is -1.98. The van der Waals surface area contributed by atoms with Crippen LogP contribution < -0.4 is 5.14 Å². The number of carbonyl (C=O) groups is 1. The standard InChI is InChI=1S/C11H9NO2S/c12-15-10-4-1-8(2-5-10)11-6-3-9(7-13)14-11/h1-7H,12H2. The number of nitrogens with two attached hydrogens (primary N) is 1. The molecule has 1 aromatic carbocycles. The molecular weight excluding hydrogens is 210 g/mol. The van der Waals surface area contributed by atoms with Crippen molar-refractivity contribution in [2.45, 2.75) is 4.90 Å². The van der Waals surface area contributed by atoms with Crippen molar-refractivity contribution in [3.63, 3.8) is 0 Å². The molecule has 2 rings (SSSR count). The maximum Gasteiger partial charge on any atom is 0.185 e. The summed E-state index contributed by atoms with van der Waals surface area (Å²) in [6.45, 7) is 0. The largest absolute Gasteiger partial charge is 0.453 e. The fraction of sp³-hybridized carbons (Fsp3) is 0. The Balaban J connectivity index is 2.32. The van der Waals surface area contributed by atoms with E-state index in [0.29, 0.717) is 17.8 Å². The molecule has 0 aliphatic carbocycles. The van der Waals surface area contributed by atoms with Gasteiger partial charge >= 0.3 is 0 Å². The Morgan fingerprint density at radius 3 is 2.40 bits per heavy atom. The predicted molar refractivity (Wildman–Crippen MR) is 59.6 cm³/mol. The van der Waals surface area contributed by atoms with E-state index in [1.54, 1.807) is 12.1 Å². The maximum atomic E-state index is 10.4. The highest BCUT2D eigenvalue weighted by atomic mass is 32.2. The third-order valence-electron chi connectivity index (χ3n) is 2.02. The minimum absolute atomic E-state index is 0.335. The van der Waals surface area contributed by atoms with E-state index >= 15 is 0 Å².